The van der Waals surface area contributed by atoms with Crippen molar-refractivity contribution in [1.82, 2.24) is 5.32 Å². The summed E-state index contributed by atoms with van der Waals surface area (Å²) >= 11 is 0. The fraction of sp³-hybridized carbons (Fsp3) is 0.797. The van der Waals surface area contributed by atoms with Crippen molar-refractivity contribution in [3.63, 3.8) is 0 Å². The number of nitrogens with one attached hydrogen (secondary N) is 1. The first-order valence-electron chi connectivity index (χ1n) is 30.8. The molecule has 3 atom stereocenters. The Morgan fingerprint density at radius 3 is 1.22 bits per heavy atom. The lowest BCUT2D eigenvalue weighted by atomic mass is 10.0. The Hall–Kier alpha value is -2.06. The standard InChI is InChI=1S/C64H119N2O6P/c1-6-8-10-12-14-16-18-20-22-24-26-28-29-30-31-32-33-34-35-36-37-38-40-42-44-46-48-50-52-54-56-58-64(68)65-62(61-72-73(69,70)71-60-59-66(3,4)5)63(67)57-55-53-51-49-47-45-43-41-39-27-25-23-21-19-17-15-13-11-9-7-2/h8,10,14,16,20,22,26,28,30-31,55,57,62-63,67H,6-7,9,11-13,15,17-19,21,23-25,27,29,32-54,56,58-61H2,1-5H3,(H-,65,68,69,70)/b10-8-,16-14-,22-20-,28-26-,31-30-,57-55+. The molecule has 8 nitrogen and oxygen atoms in total. The molecule has 0 aliphatic carbocycles. The van der Waals surface area contributed by atoms with Gasteiger partial charge in [0, 0.05) is 6.42 Å². The van der Waals surface area contributed by atoms with Gasteiger partial charge in [-0.05, 0) is 64.2 Å². The van der Waals surface area contributed by atoms with Gasteiger partial charge in [-0.2, -0.15) is 0 Å². The summed E-state index contributed by atoms with van der Waals surface area (Å²) in [4.78, 5) is 25.5. The molecule has 9 heteroatoms. The number of quaternary nitrogens is 1. The molecule has 0 aromatic carbocycles. The maximum absolute atomic E-state index is 13.0. The second-order valence-corrected chi connectivity index (χ2v) is 23.4. The molecule has 0 aromatic rings. The van der Waals surface area contributed by atoms with Crippen LogP contribution >= 0.6 is 7.82 Å². The van der Waals surface area contributed by atoms with Crippen molar-refractivity contribution in [3.8, 4) is 0 Å². The number of aliphatic hydroxyl groups excluding tert-OH is 1. The molecular formula is C64H119N2O6P. The van der Waals surface area contributed by atoms with Gasteiger partial charge < -0.3 is 28.8 Å². The first kappa shape index (κ1) is 70.9. The van der Waals surface area contributed by atoms with Crippen LogP contribution in [0.3, 0.4) is 0 Å². The zero-order valence-electron chi connectivity index (χ0n) is 48.6. The van der Waals surface area contributed by atoms with Crippen LogP contribution < -0.4 is 10.2 Å². The number of unbranched alkanes of at least 4 members (excludes halogenated alkanes) is 33. The number of likely N-dealkylation sites (N-methyl/N-ethyl adjacent to an activating group) is 1. The van der Waals surface area contributed by atoms with Crippen LogP contribution in [0.15, 0.2) is 72.9 Å². The highest BCUT2D eigenvalue weighted by molar-refractivity contribution is 7.45. The zero-order valence-corrected chi connectivity index (χ0v) is 49.5. The van der Waals surface area contributed by atoms with Gasteiger partial charge in [-0.25, -0.2) is 0 Å². The van der Waals surface area contributed by atoms with E-state index in [0.717, 1.165) is 70.6 Å². The smallest absolute Gasteiger partial charge is 0.268 e. The molecule has 0 aliphatic rings. The molecule has 0 radical (unpaired) electrons. The summed E-state index contributed by atoms with van der Waals surface area (Å²) in [5, 5.41) is 13.9. The van der Waals surface area contributed by atoms with Crippen molar-refractivity contribution in [2.24, 2.45) is 0 Å². The SMILES string of the molecule is CC/C=C\C/C=C\C/C=C\C/C=C\C/C=C\CCCCCCCCCCCCCCCCCC(=O)NC(COP(=O)([O-])OCC[N+](C)(C)C)C(O)/C=C/CCCCCCCCCCCCCCCCCCCC. The lowest BCUT2D eigenvalue weighted by molar-refractivity contribution is -0.870. The number of hydrogen-bond donors (Lipinski definition) is 2. The largest absolute Gasteiger partial charge is 0.756 e. The van der Waals surface area contributed by atoms with E-state index in [1.807, 2.05) is 27.2 Å². The van der Waals surface area contributed by atoms with Crippen molar-refractivity contribution >= 4 is 13.7 Å². The lowest BCUT2D eigenvalue weighted by Gasteiger charge is -2.29. The summed E-state index contributed by atoms with van der Waals surface area (Å²) in [5.41, 5.74) is 0. The molecule has 0 aliphatic heterocycles. The van der Waals surface area contributed by atoms with E-state index in [1.54, 1.807) is 6.08 Å². The topological polar surface area (TPSA) is 108 Å². The minimum absolute atomic E-state index is 0.00215. The Morgan fingerprint density at radius 1 is 0.493 bits per heavy atom. The van der Waals surface area contributed by atoms with Gasteiger partial charge in [-0.1, -0.05) is 279 Å². The third-order valence-corrected chi connectivity index (χ3v) is 14.6. The molecule has 2 N–H and O–H groups in total. The van der Waals surface area contributed by atoms with Gasteiger partial charge in [0.05, 0.1) is 39.9 Å². The van der Waals surface area contributed by atoms with Crippen LogP contribution in [0.1, 0.15) is 277 Å². The quantitative estimate of drug-likeness (QED) is 0.0272. The molecule has 0 spiro atoms. The van der Waals surface area contributed by atoms with Gasteiger partial charge in [-0.3, -0.25) is 9.36 Å². The average molecular weight is 1040 g/mol. The van der Waals surface area contributed by atoms with E-state index < -0.39 is 20.0 Å². The zero-order chi connectivity index (χ0) is 53.5. The van der Waals surface area contributed by atoms with Gasteiger partial charge in [0.15, 0.2) is 0 Å². The number of allylic oxidation sites excluding steroid dienone is 11. The molecule has 0 bridgehead atoms. The highest BCUT2D eigenvalue weighted by Gasteiger charge is 2.23. The number of amides is 1. The Balaban J connectivity index is 4.13. The minimum Gasteiger partial charge on any atom is -0.756 e. The molecule has 0 fully saturated rings. The van der Waals surface area contributed by atoms with Gasteiger partial charge in [-0.15, -0.1) is 0 Å². The number of aliphatic hydroxyl groups is 1. The number of phosphoric acid groups is 1. The van der Waals surface area contributed by atoms with E-state index in [9.17, 15) is 19.4 Å². The molecule has 426 valence electrons. The maximum atomic E-state index is 13.0. The molecular weight excluding hydrogens is 924 g/mol. The van der Waals surface area contributed by atoms with Crippen LogP contribution in [0.5, 0.6) is 0 Å². The second-order valence-electron chi connectivity index (χ2n) is 22.0. The van der Waals surface area contributed by atoms with E-state index in [-0.39, 0.29) is 19.1 Å². The molecule has 3 unspecified atom stereocenters. The number of carbonyl (C=O) groups is 1. The maximum Gasteiger partial charge on any atom is 0.268 e. The Labute approximate surface area is 453 Å². The molecule has 0 saturated heterocycles. The van der Waals surface area contributed by atoms with E-state index in [0.29, 0.717) is 17.4 Å². The number of nitrogens with zero attached hydrogens (tertiary/aromatic N) is 1. The van der Waals surface area contributed by atoms with Crippen molar-refractivity contribution in [3.05, 3.63) is 72.9 Å². The molecule has 0 heterocycles. The van der Waals surface area contributed by atoms with Crippen LogP contribution in [0.4, 0.5) is 0 Å². The number of carbonyl (C=O) groups excluding carboxylic acids is 1. The average Bonchev–Trinajstić information content (AvgIpc) is 3.35. The summed E-state index contributed by atoms with van der Waals surface area (Å²) < 4.78 is 23.4. The summed E-state index contributed by atoms with van der Waals surface area (Å²) in [6.45, 7) is 4.56. The summed E-state index contributed by atoms with van der Waals surface area (Å²) in [6, 6.07) is -0.890. The molecule has 1 amide bonds. The van der Waals surface area contributed by atoms with Crippen molar-refractivity contribution in [2.45, 2.75) is 289 Å². The van der Waals surface area contributed by atoms with Crippen molar-refractivity contribution in [2.75, 3.05) is 40.9 Å². The third kappa shape index (κ3) is 57.5. The van der Waals surface area contributed by atoms with Gasteiger partial charge >= 0.3 is 0 Å². The Kier molecular flexibility index (Phi) is 53.2. The predicted octanol–water partition coefficient (Wildman–Crippen LogP) is 18.4. The second kappa shape index (κ2) is 54.7. The molecule has 0 saturated carbocycles. The van der Waals surface area contributed by atoms with Crippen LogP contribution in [0.2, 0.25) is 0 Å². The van der Waals surface area contributed by atoms with Crippen LogP contribution in [-0.4, -0.2) is 68.5 Å². The van der Waals surface area contributed by atoms with E-state index in [4.69, 9.17) is 9.05 Å². The summed E-state index contributed by atoms with van der Waals surface area (Å²) in [7, 11) is 1.26. The molecule has 0 aromatic heterocycles. The number of rotatable bonds is 56. The summed E-state index contributed by atoms with van der Waals surface area (Å²) in [6.07, 6.45) is 75.5. The Bertz CT molecular complexity index is 1420. The van der Waals surface area contributed by atoms with Crippen LogP contribution in [-0.2, 0) is 18.4 Å². The number of phosphoric ester groups is 1. The van der Waals surface area contributed by atoms with Gasteiger partial charge in [0.1, 0.15) is 13.2 Å². The van der Waals surface area contributed by atoms with E-state index >= 15 is 0 Å². The third-order valence-electron chi connectivity index (χ3n) is 13.7. The fourth-order valence-corrected chi connectivity index (χ4v) is 9.61. The van der Waals surface area contributed by atoms with E-state index in [2.05, 4.69) is 79.9 Å². The lowest BCUT2D eigenvalue weighted by Crippen LogP contribution is -2.45. The Morgan fingerprint density at radius 2 is 0.836 bits per heavy atom. The molecule has 73 heavy (non-hydrogen) atoms. The van der Waals surface area contributed by atoms with Gasteiger partial charge in [0.2, 0.25) is 5.91 Å². The highest BCUT2D eigenvalue weighted by atomic mass is 31.2. The summed E-state index contributed by atoms with van der Waals surface area (Å²) in [5.74, 6) is -0.197. The normalized spacial score (nSPS) is 14.3. The van der Waals surface area contributed by atoms with Crippen molar-refractivity contribution in [1.29, 1.82) is 0 Å². The van der Waals surface area contributed by atoms with Crippen molar-refractivity contribution < 1.29 is 32.9 Å². The minimum atomic E-state index is -4.60. The highest BCUT2D eigenvalue weighted by Crippen LogP contribution is 2.38. The van der Waals surface area contributed by atoms with Gasteiger partial charge in [0.25, 0.3) is 7.82 Å². The van der Waals surface area contributed by atoms with Crippen LogP contribution in [0, 0.1) is 0 Å². The van der Waals surface area contributed by atoms with Crippen LogP contribution in [0.25, 0.3) is 0 Å². The predicted molar refractivity (Wildman–Crippen MR) is 316 cm³/mol. The fourth-order valence-electron chi connectivity index (χ4n) is 8.89. The first-order valence-corrected chi connectivity index (χ1v) is 32.3. The van der Waals surface area contributed by atoms with E-state index in [1.165, 1.54) is 186 Å². The number of hydrogen-bond acceptors (Lipinski definition) is 6. The monoisotopic (exact) mass is 1040 g/mol. The molecule has 0 rings (SSSR count). The first-order chi connectivity index (χ1) is 35.5.